The Hall–Kier alpha value is -2.47. The molecule has 0 amide bonds. The molecule has 2 heterocycles. The quantitative estimate of drug-likeness (QED) is 0.705. The molecule has 2 aromatic heterocycles. The second kappa shape index (κ2) is 6.36. The van der Waals surface area contributed by atoms with Crippen molar-refractivity contribution >= 4 is 11.5 Å². The van der Waals surface area contributed by atoms with Crippen molar-refractivity contribution in [3.05, 3.63) is 42.5 Å². The molecule has 6 nitrogen and oxygen atoms in total. The van der Waals surface area contributed by atoms with Crippen molar-refractivity contribution in [2.24, 2.45) is 5.41 Å². The molecule has 6 heteroatoms. The van der Waals surface area contributed by atoms with Crippen LogP contribution in [0.3, 0.4) is 0 Å². The normalized spacial score (nSPS) is 21.5. The third-order valence-electron chi connectivity index (χ3n) is 5.60. The third kappa shape index (κ3) is 2.65. The van der Waals surface area contributed by atoms with E-state index in [1.165, 1.54) is 0 Å². The molecule has 0 aliphatic heterocycles. The number of anilines is 1. The van der Waals surface area contributed by atoms with Gasteiger partial charge in [-0.15, -0.1) is 15.3 Å². The predicted molar refractivity (Wildman–Crippen MR) is 102 cm³/mol. The number of fused-ring (bicyclic) bond motifs is 1. The van der Waals surface area contributed by atoms with Crippen LogP contribution in [0.2, 0.25) is 0 Å². The zero-order valence-electron chi connectivity index (χ0n) is 15.8. The van der Waals surface area contributed by atoms with Gasteiger partial charge in [-0.3, -0.25) is 0 Å². The minimum absolute atomic E-state index is 0.0941. The summed E-state index contributed by atoms with van der Waals surface area (Å²) in [6.45, 7) is 7.35. The van der Waals surface area contributed by atoms with Crippen LogP contribution in [0.15, 0.2) is 42.5 Å². The van der Waals surface area contributed by atoms with Gasteiger partial charge >= 0.3 is 0 Å². The van der Waals surface area contributed by atoms with Crippen molar-refractivity contribution in [2.45, 2.75) is 39.3 Å². The van der Waals surface area contributed by atoms with Crippen LogP contribution in [0, 0.1) is 5.41 Å². The zero-order chi connectivity index (χ0) is 18.3. The SMILES string of the molecule is CCOC1CC(N(C)c2ccc3nnc(-c4ccccc4)n3n2)C1(C)C. The second-order valence-corrected chi connectivity index (χ2v) is 7.48. The fourth-order valence-corrected chi connectivity index (χ4v) is 3.90. The molecule has 2 atom stereocenters. The van der Waals surface area contributed by atoms with Gasteiger partial charge in [-0.25, -0.2) is 0 Å². The molecule has 2 unspecified atom stereocenters. The highest BCUT2D eigenvalue weighted by Crippen LogP contribution is 2.46. The number of aromatic nitrogens is 4. The Balaban J connectivity index is 1.66. The van der Waals surface area contributed by atoms with Gasteiger partial charge in [-0.1, -0.05) is 44.2 Å². The number of hydrogen-bond acceptors (Lipinski definition) is 5. The Kier molecular flexibility index (Phi) is 4.15. The number of hydrogen-bond donors (Lipinski definition) is 0. The lowest BCUT2D eigenvalue weighted by atomic mass is 9.64. The Labute approximate surface area is 153 Å². The monoisotopic (exact) mass is 351 g/mol. The highest BCUT2D eigenvalue weighted by Gasteiger charge is 2.51. The summed E-state index contributed by atoms with van der Waals surface area (Å²) in [5.74, 6) is 1.68. The molecule has 0 saturated heterocycles. The van der Waals surface area contributed by atoms with Gasteiger partial charge in [-0.2, -0.15) is 4.52 Å². The molecule has 0 spiro atoms. The van der Waals surface area contributed by atoms with Crippen molar-refractivity contribution < 1.29 is 4.74 Å². The van der Waals surface area contributed by atoms with Gasteiger partial charge < -0.3 is 9.64 Å². The molecule has 0 N–H and O–H groups in total. The van der Waals surface area contributed by atoms with Crippen molar-refractivity contribution in [1.82, 2.24) is 19.8 Å². The van der Waals surface area contributed by atoms with Crippen LogP contribution in [0.25, 0.3) is 17.0 Å². The van der Waals surface area contributed by atoms with Gasteiger partial charge in [0, 0.05) is 30.7 Å². The second-order valence-electron chi connectivity index (χ2n) is 7.48. The molecule has 1 aliphatic rings. The number of rotatable bonds is 5. The van der Waals surface area contributed by atoms with E-state index in [9.17, 15) is 0 Å². The van der Waals surface area contributed by atoms with E-state index in [-0.39, 0.29) is 5.41 Å². The maximum atomic E-state index is 5.87. The summed E-state index contributed by atoms with van der Waals surface area (Å²) in [5.41, 5.74) is 1.85. The van der Waals surface area contributed by atoms with Crippen LogP contribution in [0.4, 0.5) is 5.82 Å². The van der Waals surface area contributed by atoms with E-state index in [4.69, 9.17) is 9.84 Å². The molecule has 3 aromatic rings. The number of ether oxygens (including phenoxy) is 1. The lowest BCUT2D eigenvalue weighted by molar-refractivity contribution is -0.104. The Morgan fingerprint density at radius 2 is 1.92 bits per heavy atom. The molecule has 4 rings (SSSR count). The molecular weight excluding hydrogens is 326 g/mol. The van der Waals surface area contributed by atoms with Crippen LogP contribution in [0.1, 0.15) is 27.2 Å². The van der Waals surface area contributed by atoms with E-state index in [1.54, 1.807) is 0 Å². The predicted octanol–water partition coefficient (Wildman–Crippen LogP) is 3.43. The van der Waals surface area contributed by atoms with Crippen LogP contribution < -0.4 is 4.90 Å². The molecule has 26 heavy (non-hydrogen) atoms. The van der Waals surface area contributed by atoms with Gasteiger partial charge in [0.25, 0.3) is 0 Å². The lowest BCUT2D eigenvalue weighted by Gasteiger charge is -2.55. The highest BCUT2D eigenvalue weighted by molar-refractivity contribution is 5.59. The van der Waals surface area contributed by atoms with E-state index < -0.39 is 0 Å². The summed E-state index contributed by atoms with van der Waals surface area (Å²) in [5, 5.41) is 13.4. The molecular formula is C20H25N5O. The van der Waals surface area contributed by atoms with Crippen LogP contribution >= 0.6 is 0 Å². The van der Waals surface area contributed by atoms with Gasteiger partial charge in [0.15, 0.2) is 11.5 Å². The number of benzene rings is 1. The van der Waals surface area contributed by atoms with E-state index in [2.05, 4.69) is 42.9 Å². The highest BCUT2D eigenvalue weighted by atomic mass is 16.5. The third-order valence-corrected chi connectivity index (χ3v) is 5.60. The van der Waals surface area contributed by atoms with Gasteiger partial charge in [0.2, 0.25) is 0 Å². The minimum Gasteiger partial charge on any atom is -0.378 e. The fourth-order valence-electron chi connectivity index (χ4n) is 3.90. The van der Waals surface area contributed by atoms with Crippen LogP contribution in [0.5, 0.6) is 0 Å². The van der Waals surface area contributed by atoms with Crippen molar-refractivity contribution in [2.75, 3.05) is 18.6 Å². The summed E-state index contributed by atoms with van der Waals surface area (Å²) >= 11 is 0. The smallest absolute Gasteiger partial charge is 0.185 e. The van der Waals surface area contributed by atoms with Crippen molar-refractivity contribution in [1.29, 1.82) is 0 Å². The van der Waals surface area contributed by atoms with Crippen molar-refractivity contribution in [3.8, 4) is 11.4 Å². The first kappa shape index (κ1) is 17.0. The van der Waals surface area contributed by atoms with Gasteiger partial charge in [0.1, 0.15) is 5.82 Å². The molecule has 1 saturated carbocycles. The summed E-state index contributed by atoms with van der Waals surface area (Å²) in [7, 11) is 2.11. The first-order chi connectivity index (χ1) is 12.5. The fraction of sp³-hybridized carbons (Fsp3) is 0.450. The molecule has 0 bridgehead atoms. The molecule has 0 radical (unpaired) electrons. The maximum absolute atomic E-state index is 5.87. The topological polar surface area (TPSA) is 55.5 Å². The average molecular weight is 351 g/mol. The maximum Gasteiger partial charge on any atom is 0.185 e. The Bertz CT molecular complexity index is 905. The summed E-state index contributed by atoms with van der Waals surface area (Å²) in [6.07, 6.45) is 1.32. The lowest BCUT2D eigenvalue weighted by Crippen LogP contribution is -2.61. The van der Waals surface area contributed by atoms with E-state index in [0.29, 0.717) is 12.1 Å². The van der Waals surface area contributed by atoms with Gasteiger partial charge in [-0.05, 0) is 25.5 Å². The zero-order valence-corrected chi connectivity index (χ0v) is 15.8. The summed E-state index contributed by atoms with van der Waals surface area (Å²) in [4.78, 5) is 2.25. The van der Waals surface area contributed by atoms with Crippen molar-refractivity contribution in [3.63, 3.8) is 0 Å². The van der Waals surface area contributed by atoms with Crippen LogP contribution in [-0.4, -0.2) is 45.6 Å². The van der Waals surface area contributed by atoms with E-state index >= 15 is 0 Å². The largest absolute Gasteiger partial charge is 0.378 e. The van der Waals surface area contributed by atoms with E-state index in [0.717, 1.165) is 35.9 Å². The van der Waals surface area contributed by atoms with Gasteiger partial charge in [0.05, 0.1) is 6.10 Å². The Morgan fingerprint density at radius 1 is 1.15 bits per heavy atom. The molecule has 1 aliphatic carbocycles. The summed E-state index contributed by atoms with van der Waals surface area (Å²) in [6, 6.07) is 14.4. The number of nitrogens with zero attached hydrogens (tertiary/aromatic N) is 5. The minimum atomic E-state index is 0.0941. The first-order valence-electron chi connectivity index (χ1n) is 9.14. The Morgan fingerprint density at radius 3 is 2.62 bits per heavy atom. The molecule has 1 fully saturated rings. The summed E-state index contributed by atoms with van der Waals surface area (Å²) < 4.78 is 7.70. The molecule has 1 aromatic carbocycles. The average Bonchev–Trinajstić information content (AvgIpc) is 3.08. The standard InChI is InChI=1S/C20H25N5O/c1-5-26-16-13-15(20(16,2)3)24(4)18-12-11-17-21-22-19(25(17)23-18)14-9-7-6-8-10-14/h6-12,15-16H,5,13H2,1-4H3. The van der Waals surface area contributed by atoms with Crippen LogP contribution in [-0.2, 0) is 4.74 Å². The van der Waals surface area contributed by atoms with E-state index in [1.807, 2.05) is 47.0 Å². The molecule has 136 valence electrons. The first-order valence-corrected chi connectivity index (χ1v) is 9.14.